The molecule has 0 spiro atoms. The minimum absolute atomic E-state index is 0.0905. The topological polar surface area (TPSA) is 52.3 Å². The van der Waals surface area contributed by atoms with Gasteiger partial charge in [0.2, 0.25) is 0 Å². The molecule has 0 aliphatic heterocycles. The van der Waals surface area contributed by atoms with Crippen molar-refractivity contribution >= 4 is 12.0 Å². The average molecular weight is 223 g/mol. The van der Waals surface area contributed by atoms with E-state index < -0.39 is 29.2 Å². The molecule has 0 saturated heterocycles. The maximum absolute atomic E-state index is 13.0. The standard InChI is InChI=1S/C8H5F4NO2/c9-7-4(3-14)6(2-1-5(7)13)15-8(10,11)12/h1-3H,13H2. The van der Waals surface area contributed by atoms with Crippen molar-refractivity contribution in [3.63, 3.8) is 0 Å². The summed E-state index contributed by atoms with van der Waals surface area (Å²) in [6, 6.07) is 1.65. The Hall–Kier alpha value is -1.79. The number of carbonyl (C=O) groups excluding carboxylic acids is 1. The summed E-state index contributed by atoms with van der Waals surface area (Å²) in [5, 5.41) is 0. The summed E-state index contributed by atoms with van der Waals surface area (Å²) in [6.45, 7) is 0. The SMILES string of the molecule is Nc1ccc(OC(F)(F)F)c(C=O)c1F. The summed E-state index contributed by atoms with van der Waals surface area (Å²) in [4.78, 5) is 10.3. The van der Waals surface area contributed by atoms with E-state index in [1.54, 1.807) is 0 Å². The molecule has 0 bridgehead atoms. The fraction of sp³-hybridized carbons (Fsp3) is 0.125. The van der Waals surface area contributed by atoms with Crippen LogP contribution >= 0.6 is 0 Å². The van der Waals surface area contributed by atoms with E-state index in [9.17, 15) is 22.4 Å². The Morgan fingerprint density at radius 3 is 2.40 bits per heavy atom. The first-order valence-corrected chi connectivity index (χ1v) is 3.64. The number of anilines is 1. The molecule has 0 aliphatic rings. The number of hydrogen-bond acceptors (Lipinski definition) is 3. The number of halogens is 4. The van der Waals surface area contributed by atoms with Crippen molar-refractivity contribution < 1.29 is 27.1 Å². The fourth-order valence-electron chi connectivity index (χ4n) is 0.916. The van der Waals surface area contributed by atoms with Crippen molar-refractivity contribution in [3.05, 3.63) is 23.5 Å². The minimum atomic E-state index is -4.99. The summed E-state index contributed by atoms with van der Waals surface area (Å²) < 4.78 is 51.9. The molecule has 0 unspecified atom stereocenters. The summed E-state index contributed by atoms with van der Waals surface area (Å²) in [5.74, 6) is -2.14. The third-order valence-corrected chi connectivity index (χ3v) is 1.51. The van der Waals surface area contributed by atoms with Gasteiger partial charge in [0.1, 0.15) is 5.75 Å². The normalized spacial score (nSPS) is 11.2. The molecule has 2 N–H and O–H groups in total. The molecular weight excluding hydrogens is 218 g/mol. The number of nitrogens with two attached hydrogens (primary N) is 1. The molecule has 0 atom stereocenters. The van der Waals surface area contributed by atoms with E-state index in [-0.39, 0.29) is 6.29 Å². The number of carbonyl (C=O) groups is 1. The molecule has 15 heavy (non-hydrogen) atoms. The lowest BCUT2D eigenvalue weighted by Gasteiger charge is -2.11. The number of nitrogen functional groups attached to an aromatic ring is 1. The highest BCUT2D eigenvalue weighted by atomic mass is 19.4. The zero-order valence-corrected chi connectivity index (χ0v) is 7.14. The number of aldehydes is 1. The largest absolute Gasteiger partial charge is 0.573 e. The Kier molecular flexibility index (Phi) is 2.83. The first-order chi connectivity index (χ1) is 6.85. The highest BCUT2D eigenvalue weighted by molar-refractivity contribution is 5.81. The van der Waals surface area contributed by atoms with E-state index in [1.807, 2.05) is 0 Å². The molecule has 1 aromatic rings. The van der Waals surface area contributed by atoms with Gasteiger partial charge in [-0.2, -0.15) is 0 Å². The van der Waals surface area contributed by atoms with Gasteiger partial charge in [0, 0.05) is 0 Å². The number of alkyl halides is 3. The lowest BCUT2D eigenvalue weighted by atomic mass is 10.2. The summed E-state index contributed by atoms with van der Waals surface area (Å²) >= 11 is 0. The Bertz CT molecular complexity index is 389. The molecule has 0 saturated carbocycles. The van der Waals surface area contributed by atoms with E-state index in [0.717, 1.165) is 12.1 Å². The summed E-state index contributed by atoms with van der Waals surface area (Å²) in [7, 11) is 0. The maximum atomic E-state index is 13.0. The van der Waals surface area contributed by atoms with Gasteiger partial charge in [-0.15, -0.1) is 13.2 Å². The average Bonchev–Trinajstić information content (AvgIpc) is 2.10. The van der Waals surface area contributed by atoms with Crippen LogP contribution in [-0.2, 0) is 0 Å². The third-order valence-electron chi connectivity index (χ3n) is 1.51. The van der Waals surface area contributed by atoms with E-state index >= 15 is 0 Å². The van der Waals surface area contributed by atoms with Crippen LogP contribution in [-0.4, -0.2) is 12.6 Å². The highest BCUT2D eigenvalue weighted by Gasteiger charge is 2.32. The second-order valence-electron chi connectivity index (χ2n) is 2.55. The Morgan fingerprint density at radius 1 is 1.33 bits per heavy atom. The molecule has 1 rings (SSSR count). The molecule has 0 heterocycles. The number of ether oxygens (including phenoxy) is 1. The smallest absolute Gasteiger partial charge is 0.405 e. The molecule has 0 aliphatic carbocycles. The molecule has 82 valence electrons. The second kappa shape index (κ2) is 3.76. The third kappa shape index (κ3) is 2.58. The van der Waals surface area contributed by atoms with Crippen LogP contribution in [0.4, 0.5) is 23.2 Å². The van der Waals surface area contributed by atoms with Crippen molar-refractivity contribution in [2.24, 2.45) is 0 Å². The molecule has 0 amide bonds. The van der Waals surface area contributed by atoms with Crippen molar-refractivity contribution in [2.75, 3.05) is 5.73 Å². The van der Waals surface area contributed by atoms with Gasteiger partial charge >= 0.3 is 6.36 Å². The van der Waals surface area contributed by atoms with Crippen LogP contribution in [0.5, 0.6) is 5.75 Å². The fourth-order valence-corrected chi connectivity index (χ4v) is 0.916. The van der Waals surface area contributed by atoms with Gasteiger partial charge in [0.25, 0.3) is 0 Å². The lowest BCUT2D eigenvalue weighted by molar-refractivity contribution is -0.274. The van der Waals surface area contributed by atoms with Crippen LogP contribution in [0.3, 0.4) is 0 Å². The summed E-state index contributed by atoms with van der Waals surface area (Å²) in [6.07, 6.45) is -5.08. The number of benzene rings is 1. The number of rotatable bonds is 2. The van der Waals surface area contributed by atoms with Gasteiger partial charge < -0.3 is 10.5 Å². The van der Waals surface area contributed by atoms with Crippen molar-refractivity contribution in [1.29, 1.82) is 0 Å². The molecule has 1 aromatic carbocycles. The summed E-state index contributed by atoms with van der Waals surface area (Å²) in [5.41, 5.74) is 3.78. The van der Waals surface area contributed by atoms with Gasteiger partial charge in [-0.1, -0.05) is 0 Å². The van der Waals surface area contributed by atoms with Gasteiger partial charge in [0.15, 0.2) is 12.1 Å². The van der Waals surface area contributed by atoms with Crippen LogP contribution in [0, 0.1) is 5.82 Å². The molecular formula is C8H5F4NO2. The highest BCUT2D eigenvalue weighted by Crippen LogP contribution is 2.29. The zero-order valence-electron chi connectivity index (χ0n) is 7.14. The molecule has 0 radical (unpaired) electrons. The van der Waals surface area contributed by atoms with Crippen molar-refractivity contribution in [3.8, 4) is 5.75 Å². The Balaban J connectivity index is 3.19. The van der Waals surface area contributed by atoms with Crippen LogP contribution in [0.25, 0.3) is 0 Å². The van der Waals surface area contributed by atoms with Gasteiger partial charge in [-0.25, -0.2) is 4.39 Å². The number of hydrogen-bond donors (Lipinski definition) is 1. The Labute approximate surface area is 81.4 Å². The first kappa shape index (κ1) is 11.3. The van der Waals surface area contributed by atoms with Crippen LogP contribution in [0.15, 0.2) is 12.1 Å². The van der Waals surface area contributed by atoms with E-state index in [4.69, 9.17) is 5.73 Å². The molecule has 7 heteroatoms. The van der Waals surface area contributed by atoms with E-state index in [0.29, 0.717) is 0 Å². The van der Waals surface area contributed by atoms with Crippen LogP contribution in [0.1, 0.15) is 10.4 Å². The van der Waals surface area contributed by atoms with Gasteiger partial charge in [0.05, 0.1) is 11.3 Å². The molecule has 3 nitrogen and oxygen atoms in total. The first-order valence-electron chi connectivity index (χ1n) is 3.64. The van der Waals surface area contributed by atoms with E-state index in [1.165, 1.54) is 0 Å². The lowest BCUT2D eigenvalue weighted by Crippen LogP contribution is -2.18. The minimum Gasteiger partial charge on any atom is -0.405 e. The van der Waals surface area contributed by atoms with Crippen LogP contribution in [0.2, 0.25) is 0 Å². The monoisotopic (exact) mass is 223 g/mol. The molecule has 0 fully saturated rings. The van der Waals surface area contributed by atoms with Gasteiger partial charge in [-0.3, -0.25) is 4.79 Å². The van der Waals surface area contributed by atoms with Crippen LogP contribution < -0.4 is 10.5 Å². The maximum Gasteiger partial charge on any atom is 0.573 e. The predicted octanol–water partition coefficient (Wildman–Crippen LogP) is 2.12. The van der Waals surface area contributed by atoms with Crippen molar-refractivity contribution in [1.82, 2.24) is 0 Å². The predicted molar refractivity (Wildman–Crippen MR) is 42.9 cm³/mol. The quantitative estimate of drug-likeness (QED) is 0.474. The van der Waals surface area contributed by atoms with E-state index in [2.05, 4.69) is 4.74 Å². The zero-order chi connectivity index (χ0) is 11.6. The second-order valence-corrected chi connectivity index (χ2v) is 2.55. The van der Waals surface area contributed by atoms with Gasteiger partial charge in [-0.05, 0) is 12.1 Å². The Morgan fingerprint density at radius 2 is 1.93 bits per heavy atom. The van der Waals surface area contributed by atoms with Crippen molar-refractivity contribution in [2.45, 2.75) is 6.36 Å². The molecule has 0 aromatic heterocycles.